The van der Waals surface area contributed by atoms with Crippen LogP contribution < -0.4 is 0 Å². The van der Waals surface area contributed by atoms with Gasteiger partial charge in [0.15, 0.2) is 0 Å². The zero-order valence-electron chi connectivity index (χ0n) is 12.1. The van der Waals surface area contributed by atoms with Gasteiger partial charge < -0.3 is 19.6 Å². The average molecular weight is 302 g/mol. The predicted octanol–water partition coefficient (Wildman–Crippen LogP) is 1.11. The highest BCUT2D eigenvalue weighted by Crippen LogP contribution is 2.28. The van der Waals surface area contributed by atoms with Gasteiger partial charge in [0.2, 0.25) is 0 Å². The summed E-state index contributed by atoms with van der Waals surface area (Å²) in [6.07, 6.45) is 0.177. The number of thioether (sulfide) groups is 1. The monoisotopic (exact) mass is 302 g/mol. The van der Waals surface area contributed by atoms with E-state index >= 15 is 0 Å². The topological polar surface area (TPSA) is 70.1 Å². The molecule has 2 saturated heterocycles. The first kappa shape index (κ1) is 15.4. The molecule has 0 spiro atoms. The molecular weight excluding hydrogens is 280 g/mol. The molecule has 1 N–H and O–H groups in total. The number of methoxy groups -OCH3 is 1. The molecule has 4 unspecified atom stereocenters. The SMILES string of the molecule is COC1CC(C(=O)O)N(C(=O)N2CCSC(C)C2C)C1. The number of ether oxygens (including phenoxy) is 1. The van der Waals surface area contributed by atoms with Crippen molar-refractivity contribution in [2.45, 2.75) is 43.7 Å². The fraction of sp³-hybridized carbons (Fsp3) is 0.846. The van der Waals surface area contributed by atoms with Crippen LogP contribution in [0.2, 0.25) is 0 Å². The van der Waals surface area contributed by atoms with Gasteiger partial charge in [-0.3, -0.25) is 0 Å². The smallest absolute Gasteiger partial charge is 0.326 e. The van der Waals surface area contributed by atoms with E-state index in [4.69, 9.17) is 4.74 Å². The molecule has 0 aromatic carbocycles. The summed E-state index contributed by atoms with van der Waals surface area (Å²) in [4.78, 5) is 27.2. The van der Waals surface area contributed by atoms with Gasteiger partial charge in [0.05, 0.1) is 6.10 Å². The lowest BCUT2D eigenvalue weighted by molar-refractivity contribution is -0.141. The van der Waals surface area contributed by atoms with Crippen molar-refractivity contribution in [2.24, 2.45) is 0 Å². The molecule has 2 amide bonds. The van der Waals surface area contributed by atoms with Crippen molar-refractivity contribution in [3.8, 4) is 0 Å². The summed E-state index contributed by atoms with van der Waals surface area (Å²) in [6, 6.07) is -0.821. The lowest BCUT2D eigenvalue weighted by atomic mass is 10.2. The number of hydrogen-bond acceptors (Lipinski definition) is 4. The number of carbonyl (C=O) groups is 2. The highest BCUT2D eigenvalue weighted by molar-refractivity contribution is 8.00. The van der Waals surface area contributed by atoms with Crippen molar-refractivity contribution in [3.05, 3.63) is 0 Å². The van der Waals surface area contributed by atoms with Gasteiger partial charge in [-0.1, -0.05) is 6.92 Å². The first-order valence-corrected chi connectivity index (χ1v) is 7.95. The highest BCUT2D eigenvalue weighted by atomic mass is 32.2. The molecule has 114 valence electrons. The number of rotatable bonds is 2. The summed E-state index contributed by atoms with van der Waals surface area (Å²) in [6.45, 7) is 5.16. The van der Waals surface area contributed by atoms with Gasteiger partial charge in [-0.2, -0.15) is 11.8 Å². The Morgan fingerprint density at radius 2 is 2.00 bits per heavy atom. The third kappa shape index (κ3) is 2.88. The Morgan fingerprint density at radius 1 is 1.30 bits per heavy atom. The lowest BCUT2D eigenvalue weighted by Crippen LogP contribution is -2.55. The quantitative estimate of drug-likeness (QED) is 0.827. The fourth-order valence-corrected chi connectivity index (χ4v) is 3.88. The number of likely N-dealkylation sites (tertiary alicyclic amines) is 1. The second-order valence-corrected chi connectivity index (χ2v) is 6.88. The van der Waals surface area contributed by atoms with Gasteiger partial charge in [0.25, 0.3) is 0 Å². The maximum atomic E-state index is 12.7. The average Bonchev–Trinajstić information content (AvgIpc) is 2.85. The van der Waals surface area contributed by atoms with Crippen LogP contribution in [0.3, 0.4) is 0 Å². The van der Waals surface area contributed by atoms with E-state index in [-0.39, 0.29) is 18.2 Å². The van der Waals surface area contributed by atoms with E-state index in [1.807, 2.05) is 18.7 Å². The van der Waals surface area contributed by atoms with Gasteiger partial charge in [0, 0.05) is 43.7 Å². The molecule has 2 aliphatic rings. The molecule has 2 heterocycles. The molecule has 2 aliphatic heterocycles. The van der Waals surface area contributed by atoms with Crippen LogP contribution in [0.25, 0.3) is 0 Å². The molecule has 2 rings (SSSR count). The maximum absolute atomic E-state index is 12.7. The third-order valence-electron chi connectivity index (χ3n) is 4.26. The molecule has 20 heavy (non-hydrogen) atoms. The number of carboxylic acid groups (broad SMARTS) is 1. The fourth-order valence-electron chi connectivity index (χ4n) is 2.78. The van der Waals surface area contributed by atoms with Crippen molar-refractivity contribution >= 4 is 23.8 Å². The van der Waals surface area contributed by atoms with E-state index in [2.05, 4.69) is 6.92 Å². The Labute approximate surface area is 123 Å². The van der Waals surface area contributed by atoms with Crippen LogP contribution in [0.4, 0.5) is 4.79 Å². The van der Waals surface area contributed by atoms with Crippen LogP contribution in [0, 0.1) is 0 Å². The molecule has 7 heteroatoms. The van der Waals surface area contributed by atoms with Crippen LogP contribution in [0.5, 0.6) is 0 Å². The number of amides is 2. The molecule has 0 bridgehead atoms. The molecule has 0 radical (unpaired) electrons. The molecule has 0 saturated carbocycles. The predicted molar refractivity (Wildman–Crippen MR) is 77.0 cm³/mol. The van der Waals surface area contributed by atoms with Crippen molar-refractivity contribution < 1.29 is 19.4 Å². The first-order chi connectivity index (χ1) is 9.45. The number of hydrogen-bond donors (Lipinski definition) is 1. The van der Waals surface area contributed by atoms with E-state index in [9.17, 15) is 14.7 Å². The minimum Gasteiger partial charge on any atom is -0.480 e. The largest absolute Gasteiger partial charge is 0.480 e. The molecule has 6 nitrogen and oxygen atoms in total. The van der Waals surface area contributed by atoms with Crippen LogP contribution in [-0.4, -0.2) is 76.3 Å². The summed E-state index contributed by atoms with van der Waals surface area (Å²) >= 11 is 1.85. The Balaban J connectivity index is 2.12. The van der Waals surface area contributed by atoms with Gasteiger partial charge >= 0.3 is 12.0 Å². The van der Waals surface area contributed by atoms with Crippen LogP contribution in [-0.2, 0) is 9.53 Å². The molecule has 4 atom stereocenters. The van der Waals surface area contributed by atoms with Crippen LogP contribution in [0.15, 0.2) is 0 Å². The van der Waals surface area contributed by atoms with Gasteiger partial charge in [-0.05, 0) is 6.92 Å². The maximum Gasteiger partial charge on any atom is 0.326 e. The van der Waals surface area contributed by atoms with Gasteiger partial charge in [-0.15, -0.1) is 0 Å². The van der Waals surface area contributed by atoms with Crippen LogP contribution >= 0.6 is 11.8 Å². The highest BCUT2D eigenvalue weighted by Gasteiger charge is 2.43. The standard InChI is InChI=1S/C13H22N2O4S/c1-8-9(2)20-5-4-14(8)13(18)15-7-10(19-3)6-11(15)12(16)17/h8-11H,4-7H2,1-3H3,(H,16,17). The van der Waals surface area contributed by atoms with Crippen molar-refractivity contribution in [2.75, 3.05) is 26.0 Å². The minimum atomic E-state index is -0.954. The van der Waals surface area contributed by atoms with Crippen molar-refractivity contribution in [1.29, 1.82) is 0 Å². The van der Waals surface area contributed by atoms with E-state index in [1.165, 1.54) is 4.90 Å². The summed E-state index contributed by atoms with van der Waals surface area (Å²) in [7, 11) is 1.56. The number of urea groups is 1. The summed E-state index contributed by atoms with van der Waals surface area (Å²) in [5, 5.41) is 9.66. The molecule has 0 aromatic rings. The number of nitrogens with zero attached hydrogens (tertiary/aromatic N) is 2. The van der Waals surface area contributed by atoms with Gasteiger partial charge in [-0.25, -0.2) is 9.59 Å². The Bertz CT molecular complexity index is 393. The van der Waals surface area contributed by atoms with E-state index < -0.39 is 12.0 Å². The molecule has 0 aromatic heterocycles. The number of carbonyl (C=O) groups excluding carboxylic acids is 1. The van der Waals surface area contributed by atoms with Crippen molar-refractivity contribution in [3.63, 3.8) is 0 Å². The van der Waals surface area contributed by atoms with Gasteiger partial charge in [0.1, 0.15) is 6.04 Å². The minimum absolute atomic E-state index is 0.122. The molecule has 0 aliphatic carbocycles. The Morgan fingerprint density at radius 3 is 2.60 bits per heavy atom. The van der Waals surface area contributed by atoms with Crippen LogP contribution in [0.1, 0.15) is 20.3 Å². The lowest BCUT2D eigenvalue weighted by Gasteiger charge is -2.40. The normalized spacial score (nSPS) is 34.4. The first-order valence-electron chi connectivity index (χ1n) is 6.90. The third-order valence-corrected chi connectivity index (χ3v) is 5.59. The summed E-state index contributed by atoms with van der Waals surface area (Å²) < 4.78 is 5.23. The molecule has 2 fully saturated rings. The van der Waals surface area contributed by atoms with Crippen molar-refractivity contribution in [1.82, 2.24) is 9.80 Å². The number of carboxylic acids is 1. The zero-order chi connectivity index (χ0) is 14.9. The second-order valence-electron chi connectivity index (χ2n) is 5.39. The number of aliphatic carboxylic acids is 1. The zero-order valence-corrected chi connectivity index (χ0v) is 12.9. The Kier molecular flexibility index (Phi) is 4.80. The molecular formula is C13H22N2O4S. The summed E-state index contributed by atoms with van der Waals surface area (Å²) in [5.74, 6) is -0.0544. The second kappa shape index (κ2) is 6.22. The summed E-state index contributed by atoms with van der Waals surface area (Å²) in [5.41, 5.74) is 0. The Hall–Kier alpha value is -0.950. The van der Waals surface area contributed by atoms with E-state index in [0.29, 0.717) is 24.8 Å². The van der Waals surface area contributed by atoms with E-state index in [1.54, 1.807) is 12.0 Å². The van der Waals surface area contributed by atoms with E-state index in [0.717, 1.165) is 5.75 Å².